The summed E-state index contributed by atoms with van der Waals surface area (Å²) in [6.45, 7) is 0. The van der Waals surface area contributed by atoms with Gasteiger partial charge in [0, 0.05) is 45.7 Å². The molecule has 30 heavy (non-hydrogen) atoms. The second kappa shape index (κ2) is 8.28. The van der Waals surface area contributed by atoms with Gasteiger partial charge >= 0.3 is 0 Å². The second-order valence-electron chi connectivity index (χ2n) is 7.51. The number of hydrogen-bond donors (Lipinski definition) is 1. The number of carbonyl (C=O) groups is 1. The molecule has 1 aliphatic carbocycles. The van der Waals surface area contributed by atoms with Crippen LogP contribution in [0.4, 0.5) is 5.69 Å². The van der Waals surface area contributed by atoms with Crippen molar-refractivity contribution in [2.24, 2.45) is 0 Å². The molecule has 4 aromatic rings. The number of carbonyl (C=O) groups excluding carboxylic acids is 1. The van der Waals surface area contributed by atoms with Crippen molar-refractivity contribution in [3.05, 3.63) is 95.9 Å². The lowest BCUT2D eigenvalue weighted by Gasteiger charge is -2.11. The fourth-order valence-corrected chi connectivity index (χ4v) is 4.29. The van der Waals surface area contributed by atoms with Crippen LogP contribution in [0.25, 0.3) is 10.9 Å². The lowest BCUT2D eigenvalue weighted by atomic mass is 10.1. The number of nitrogens with one attached hydrogen (secondary N) is 1. The lowest BCUT2D eigenvalue weighted by Crippen LogP contribution is -2.13. The van der Waals surface area contributed by atoms with E-state index in [2.05, 4.69) is 16.4 Å². The molecular formula is C25H21N3OS. The zero-order chi connectivity index (χ0) is 20.3. The van der Waals surface area contributed by atoms with Crippen molar-refractivity contribution in [3.8, 4) is 0 Å². The van der Waals surface area contributed by atoms with Gasteiger partial charge in [0.05, 0.1) is 11.1 Å². The van der Waals surface area contributed by atoms with E-state index in [1.54, 1.807) is 18.0 Å². The molecule has 1 aliphatic rings. The number of fused-ring (bicyclic) bond motifs is 1. The Hall–Kier alpha value is -3.18. The Bertz CT molecular complexity index is 1190. The van der Waals surface area contributed by atoms with E-state index < -0.39 is 0 Å². The van der Waals surface area contributed by atoms with E-state index in [-0.39, 0.29) is 5.91 Å². The first-order valence-electron chi connectivity index (χ1n) is 10.1. The number of amides is 1. The number of thioether (sulfide) groups is 1. The Balaban J connectivity index is 1.32. The highest BCUT2D eigenvalue weighted by Gasteiger charge is 2.27. The van der Waals surface area contributed by atoms with Crippen molar-refractivity contribution in [3.63, 3.8) is 0 Å². The molecule has 0 unspecified atom stereocenters. The summed E-state index contributed by atoms with van der Waals surface area (Å²) < 4.78 is 0. The zero-order valence-corrected chi connectivity index (χ0v) is 17.2. The summed E-state index contributed by atoms with van der Waals surface area (Å²) in [6.07, 6.45) is 5.98. The molecule has 0 aliphatic heterocycles. The summed E-state index contributed by atoms with van der Waals surface area (Å²) in [5.74, 6) is 1.27. The minimum Gasteiger partial charge on any atom is -0.322 e. The van der Waals surface area contributed by atoms with Crippen molar-refractivity contribution >= 4 is 34.3 Å². The molecular weight excluding hydrogens is 390 g/mol. The number of aromatic nitrogens is 2. The van der Waals surface area contributed by atoms with Gasteiger partial charge in [-0.15, -0.1) is 11.8 Å². The molecule has 0 spiro atoms. The highest BCUT2D eigenvalue weighted by Crippen LogP contribution is 2.40. The third kappa shape index (κ3) is 4.21. The molecule has 0 bridgehead atoms. The van der Waals surface area contributed by atoms with Gasteiger partial charge in [-0.25, -0.2) is 0 Å². The fourth-order valence-electron chi connectivity index (χ4n) is 3.46. The van der Waals surface area contributed by atoms with Crippen molar-refractivity contribution < 1.29 is 4.79 Å². The van der Waals surface area contributed by atoms with E-state index in [1.165, 1.54) is 5.56 Å². The van der Waals surface area contributed by atoms with Crippen molar-refractivity contribution in [2.45, 2.75) is 29.4 Å². The van der Waals surface area contributed by atoms with Crippen LogP contribution >= 0.6 is 11.8 Å². The molecule has 5 heteroatoms. The molecule has 1 N–H and O–H groups in total. The molecule has 1 amide bonds. The number of anilines is 1. The van der Waals surface area contributed by atoms with Crippen LogP contribution in [0.5, 0.6) is 0 Å². The standard InChI is InChI=1S/C25H21N3OS/c29-25(22-14-24(18-7-8-18)28-23-6-2-1-5-21(22)23)27-19-9-11-20(12-10-19)30-16-17-4-3-13-26-15-17/h1-6,9-15,18H,7-8,16H2,(H,27,29). The third-order valence-electron chi connectivity index (χ3n) is 5.22. The predicted octanol–water partition coefficient (Wildman–Crippen LogP) is 6.05. The minimum absolute atomic E-state index is 0.0914. The van der Waals surface area contributed by atoms with Gasteiger partial charge in [-0.3, -0.25) is 14.8 Å². The third-order valence-corrected chi connectivity index (χ3v) is 6.30. The monoisotopic (exact) mass is 411 g/mol. The van der Waals surface area contributed by atoms with Crippen LogP contribution in [0.15, 0.2) is 84.0 Å². The van der Waals surface area contributed by atoms with Gasteiger partial charge < -0.3 is 5.32 Å². The molecule has 2 heterocycles. The molecule has 1 saturated carbocycles. The van der Waals surface area contributed by atoms with Gasteiger partial charge in [-0.2, -0.15) is 0 Å². The Morgan fingerprint density at radius 2 is 1.87 bits per heavy atom. The SMILES string of the molecule is O=C(Nc1ccc(SCc2cccnc2)cc1)c1cc(C2CC2)nc2ccccc12. The number of pyridine rings is 2. The smallest absolute Gasteiger partial charge is 0.256 e. The molecule has 1 fully saturated rings. The Morgan fingerprint density at radius 1 is 1.03 bits per heavy atom. The van der Waals surface area contributed by atoms with E-state index in [9.17, 15) is 4.79 Å². The van der Waals surface area contributed by atoms with Gasteiger partial charge in [0.15, 0.2) is 0 Å². The van der Waals surface area contributed by atoms with E-state index in [0.29, 0.717) is 11.5 Å². The average molecular weight is 412 g/mol. The molecule has 148 valence electrons. The van der Waals surface area contributed by atoms with Crippen LogP contribution in [0.2, 0.25) is 0 Å². The van der Waals surface area contributed by atoms with E-state index in [4.69, 9.17) is 4.98 Å². The molecule has 0 saturated heterocycles. The van der Waals surface area contributed by atoms with Gasteiger partial charge in [-0.05, 0) is 60.9 Å². The van der Waals surface area contributed by atoms with Crippen molar-refractivity contribution in [1.82, 2.24) is 9.97 Å². The lowest BCUT2D eigenvalue weighted by molar-refractivity contribution is 0.102. The maximum absolute atomic E-state index is 13.1. The van der Waals surface area contributed by atoms with Gasteiger partial charge in [0.1, 0.15) is 0 Å². The number of nitrogens with zero attached hydrogens (tertiary/aromatic N) is 2. The highest BCUT2D eigenvalue weighted by molar-refractivity contribution is 7.98. The molecule has 4 nitrogen and oxygen atoms in total. The largest absolute Gasteiger partial charge is 0.322 e. The molecule has 2 aromatic carbocycles. The molecule has 2 aromatic heterocycles. The summed E-state index contributed by atoms with van der Waals surface area (Å²) >= 11 is 1.75. The van der Waals surface area contributed by atoms with Crippen molar-refractivity contribution in [1.29, 1.82) is 0 Å². The summed E-state index contributed by atoms with van der Waals surface area (Å²) in [5.41, 5.74) is 4.59. The molecule has 0 radical (unpaired) electrons. The first kappa shape index (κ1) is 18.8. The van der Waals surface area contributed by atoms with Crippen LogP contribution in [0.3, 0.4) is 0 Å². The van der Waals surface area contributed by atoms with Crippen LogP contribution < -0.4 is 5.32 Å². The fraction of sp³-hybridized carbons (Fsp3) is 0.160. The first-order valence-corrected chi connectivity index (χ1v) is 11.1. The van der Waals surface area contributed by atoms with Crippen LogP contribution in [0, 0.1) is 0 Å². The highest BCUT2D eigenvalue weighted by atomic mass is 32.2. The summed E-state index contributed by atoms with van der Waals surface area (Å²) in [7, 11) is 0. The van der Waals surface area contributed by atoms with Crippen LogP contribution in [-0.4, -0.2) is 15.9 Å². The molecule has 5 rings (SSSR count). The number of hydrogen-bond acceptors (Lipinski definition) is 4. The van der Waals surface area contributed by atoms with E-state index in [1.807, 2.05) is 66.9 Å². The number of para-hydroxylation sites is 1. The van der Waals surface area contributed by atoms with Crippen LogP contribution in [0.1, 0.15) is 40.4 Å². The number of benzene rings is 2. The quantitative estimate of drug-likeness (QED) is 0.392. The maximum atomic E-state index is 13.1. The van der Waals surface area contributed by atoms with Gasteiger partial charge in [0.25, 0.3) is 5.91 Å². The first-order chi connectivity index (χ1) is 14.8. The predicted molar refractivity (Wildman–Crippen MR) is 122 cm³/mol. The minimum atomic E-state index is -0.0914. The van der Waals surface area contributed by atoms with Gasteiger partial charge in [-0.1, -0.05) is 24.3 Å². The Kier molecular flexibility index (Phi) is 5.20. The summed E-state index contributed by atoms with van der Waals surface area (Å²) in [5, 5.41) is 3.94. The van der Waals surface area contributed by atoms with Crippen molar-refractivity contribution in [2.75, 3.05) is 5.32 Å². The topological polar surface area (TPSA) is 54.9 Å². The van der Waals surface area contributed by atoms with E-state index in [0.717, 1.165) is 45.8 Å². The number of rotatable bonds is 6. The zero-order valence-electron chi connectivity index (χ0n) is 16.4. The Labute approximate surface area is 179 Å². The Morgan fingerprint density at radius 3 is 2.63 bits per heavy atom. The normalized spacial score (nSPS) is 13.3. The summed E-state index contributed by atoms with van der Waals surface area (Å²) in [6, 6.07) is 21.8. The second-order valence-corrected chi connectivity index (χ2v) is 8.56. The maximum Gasteiger partial charge on any atom is 0.256 e. The van der Waals surface area contributed by atoms with Gasteiger partial charge in [0.2, 0.25) is 0 Å². The molecule has 0 atom stereocenters. The average Bonchev–Trinajstić information content (AvgIpc) is 3.64. The van der Waals surface area contributed by atoms with E-state index >= 15 is 0 Å². The van der Waals surface area contributed by atoms with Crippen LogP contribution in [-0.2, 0) is 5.75 Å². The summed E-state index contributed by atoms with van der Waals surface area (Å²) in [4.78, 5) is 23.1.